The molecule has 1 atom stereocenters. The van der Waals surface area contributed by atoms with Crippen LogP contribution in [0.25, 0.3) is 0 Å². The molecule has 0 bridgehead atoms. The van der Waals surface area contributed by atoms with Crippen molar-refractivity contribution < 1.29 is 0 Å². The zero-order valence-electron chi connectivity index (χ0n) is 3.29. The first-order chi connectivity index (χ1) is 2.81. The topological polar surface area (TPSA) is 26.0 Å². The summed E-state index contributed by atoms with van der Waals surface area (Å²) in [6.07, 6.45) is 1.76. The van der Waals surface area contributed by atoms with E-state index in [2.05, 4.69) is 20.8 Å². The third kappa shape index (κ3) is 2.95. The van der Waals surface area contributed by atoms with Crippen LogP contribution in [0.4, 0.5) is 0 Å². The molecule has 0 aromatic heterocycles. The quantitative estimate of drug-likeness (QED) is 0.463. The van der Waals surface area contributed by atoms with Gasteiger partial charge in [0.25, 0.3) is 0 Å². The van der Waals surface area contributed by atoms with Gasteiger partial charge in [-0.1, -0.05) is 0 Å². The standard InChI is InChI=1S/C3H7NSe2/c1-2-3(4)6-5/h2-3,5H,1,4H2. The van der Waals surface area contributed by atoms with E-state index in [1.54, 1.807) is 6.08 Å². The summed E-state index contributed by atoms with van der Waals surface area (Å²) in [5.41, 5.74) is 5.37. The van der Waals surface area contributed by atoms with E-state index >= 15 is 0 Å². The Morgan fingerprint density at radius 2 is 2.50 bits per heavy atom. The summed E-state index contributed by atoms with van der Waals surface area (Å²) in [4.78, 5) is 0.234. The van der Waals surface area contributed by atoms with Gasteiger partial charge in [0.15, 0.2) is 0 Å². The Morgan fingerprint density at radius 3 is 2.50 bits per heavy atom. The Hall–Kier alpha value is 0.739. The molecule has 0 aromatic carbocycles. The monoisotopic (exact) mass is 217 g/mol. The predicted molar refractivity (Wildman–Crippen MR) is 31.1 cm³/mol. The van der Waals surface area contributed by atoms with E-state index in [1.165, 1.54) is 0 Å². The Bertz CT molecular complexity index is 46.1. The summed E-state index contributed by atoms with van der Waals surface area (Å²) < 4.78 is 0. The van der Waals surface area contributed by atoms with Crippen molar-refractivity contribution in [3.63, 3.8) is 0 Å². The molecule has 3 heteroatoms. The van der Waals surface area contributed by atoms with E-state index in [1.807, 2.05) is 0 Å². The number of hydrogen-bond donors (Lipinski definition) is 1. The molecule has 0 aliphatic rings. The van der Waals surface area contributed by atoms with Crippen molar-refractivity contribution in [2.45, 2.75) is 4.94 Å². The van der Waals surface area contributed by atoms with E-state index in [4.69, 9.17) is 5.73 Å². The van der Waals surface area contributed by atoms with Crippen LogP contribution in [-0.2, 0) is 0 Å². The summed E-state index contributed by atoms with van der Waals surface area (Å²) >= 11 is 2.96. The van der Waals surface area contributed by atoms with Gasteiger partial charge in [-0.2, -0.15) is 0 Å². The summed E-state index contributed by atoms with van der Waals surface area (Å²) in [5.74, 6) is 0. The van der Waals surface area contributed by atoms with Crippen molar-refractivity contribution in [1.29, 1.82) is 0 Å². The first-order valence-corrected chi connectivity index (χ1v) is 7.23. The van der Waals surface area contributed by atoms with Gasteiger partial charge in [-0.25, -0.2) is 0 Å². The van der Waals surface area contributed by atoms with E-state index in [-0.39, 0.29) is 4.94 Å². The van der Waals surface area contributed by atoms with Crippen molar-refractivity contribution >= 4 is 27.3 Å². The van der Waals surface area contributed by atoms with Gasteiger partial charge in [-0.3, -0.25) is 0 Å². The Kier molecular flexibility index (Phi) is 4.40. The molecule has 0 saturated heterocycles. The fraction of sp³-hybridized carbons (Fsp3) is 0.333. The van der Waals surface area contributed by atoms with Crippen molar-refractivity contribution in [3.8, 4) is 0 Å². The van der Waals surface area contributed by atoms with Gasteiger partial charge >= 0.3 is 50.6 Å². The minimum absolute atomic E-state index is 0.234. The van der Waals surface area contributed by atoms with E-state index in [0.717, 1.165) is 0 Å². The third-order valence-electron chi connectivity index (χ3n) is 0.354. The second-order valence-corrected chi connectivity index (χ2v) is 4.69. The molecule has 1 unspecified atom stereocenters. The fourth-order valence-corrected chi connectivity index (χ4v) is 1.16. The fourth-order valence-electron chi connectivity index (χ4n) is 0.0430. The van der Waals surface area contributed by atoms with Crippen molar-refractivity contribution in [2.75, 3.05) is 0 Å². The van der Waals surface area contributed by atoms with Crippen LogP contribution in [0.15, 0.2) is 12.7 Å². The van der Waals surface area contributed by atoms with Crippen LogP contribution in [-0.4, -0.2) is 32.3 Å². The van der Waals surface area contributed by atoms with Gasteiger partial charge < -0.3 is 0 Å². The van der Waals surface area contributed by atoms with Gasteiger partial charge in [-0.05, 0) is 0 Å². The molecule has 0 amide bonds. The molecular weight excluding hydrogens is 208 g/mol. The van der Waals surface area contributed by atoms with E-state index in [9.17, 15) is 0 Å². The first kappa shape index (κ1) is 6.74. The first-order valence-electron chi connectivity index (χ1n) is 1.49. The summed E-state index contributed by atoms with van der Waals surface area (Å²) in [5, 5.41) is 0. The predicted octanol–water partition coefficient (Wildman–Crippen LogP) is -1.02. The van der Waals surface area contributed by atoms with Crippen molar-refractivity contribution in [1.82, 2.24) is 0 Å². The Labute approximate surface area is 50.9 Å². The summed E-state index contributed by atoms with van der Waals surface area (Å²) in [7, 11) is 0. The molecule has 1 nitrogen and oxygen atoms in total. The van der Waals surface area contributed by atoms with Crippen LogP contribution in [0.2, 0.25) is 0 Å². The molecule has 2 N–H and O–H groups in total. The van der Waals surface area contributed by atoms with Crippen LogP contribution < -0.4 is 5.73 Å². The maximum atomic E-state index is 5.37. The molecule has 0 radical (unpaired) electrons. The van der Waals surface area contributed by atoms with Crippen molar-refractivity contribution in [3.05, 3.63) is 12.7 Å². The summed E-state index contributed by atoms with van der Waals surface area (Å²) in [6, 6.07) is 0. The van der Waals surface area contributed by atoms with Crippen molar-refractivity contribution in [2.24, 2.45) is 5.73 Å². The molecule has 36 valence electrons. The molecule has 0 fully saturated rings. The summed E-state index contributed by atoms with van der Waals surface area (Å²) in [6.45, 7) is 3.51. The Morgan fingerprint density at radius 1 is 2.00 bits per heavy atom. The molecule has 0 rings (SSSR count). The van der Waals surface area contributed by atoms with Crippen LogP contribution in [0.3, 0.4) is 0 Å². The van der Waals surface area contributed by atoms with Gasteiger partial charge in [0.05, 0.1) is 0 Å². The molecular formula is C3H7NSe2. The number of rotatable bonds is 2. The average molecular weight is 215 g/mol. The molecule has 0 aliphatic heterocycles. The Balaban J connectivity index is 2.96. The van der Waals surface area contributed by atoms with Crippen LogP contribution >= 0.6 is 0 Å². The molecule has 0 saturated carbocycles. The molecule has 0 spiro atoms. The van der Waals surface area contributed by atoms with E-state index < -0.39 is 0 Å². The van der Waals surface area contributed by atoms with Crippen LogP contribution in [0.5, 0.6) is 0 Å². The molecule has 0 aliphatic carbocycles. The van der Waals surface area contributed by atoms with E-state index in [0.29, 0.717) is 13.1 Å². The third-order valence-corrected chi connectivity index (χ3v) is 3.92. The zero-order chi connectivity index (χ0) is 4.99. The number of hydrogen-bond acceptors (Lipinski definition) is 1. The maximum absolute atomic E-state index is 5.37. The minimum atomic E-state index is 0.234. The molecule has 6 heavy (non-hydrogen) atoms. The number of nitrogens with two attached hydrogens (primary N) is 1. The van der Waals surface area contributed by atoms with Crippen LogP contribution in [0.1, 0.15) is 0 Å². The normalized spacial score (nSPS) is 13.7. The SMILES string of the molecule is C=CC(N)[Se][SeH]. The molecule has 0 heterocycles. The van der Waals surface area contributed by atoms with Crippen LogP contribution in [0, 0.1) is 0 Å². The molecule has 0 aromatic rings. The second-order valence-electron chi connectivity index (χ2n) is 0.806. The second kappa shape index (κ2) is 3.91. The van der Waals surface area contributed by atoms with Gasteiger partial charge in [0.1, 0.15) is 0 Å². The van der Waals surface area contributed by atoms with Gasteiger partial charge in [-0.15, -0.1) is 0 Å². The average Bonchev–Trinajstić information content (AvgIpc) is 1.65. The van der Waals surface area contributed by atoms with Gasteiger partial charge in [0, 0.05) is 0 Å². The zero-order valence-corrected chi connectivity index (χ0v) is 6.88. The van der Waals surface area contributed by atoms with Gasteiger partial charge in [0.2, 0.25) is 0 Å².